The summed E-state index contributed by atoms with van der Waals surface area (Å²) >= 11 is 0. The van der Waals surface area contributed by atoms with Crippen molar-refractivity contribution in [3.05, 3.63) is 29.8 Å². The summed E-state index contributed by atoms with van der Waals surface area (Å²) in [6.45, 7) is -0.655. The molecule has 10 heteroatoms. The van der Waals surface area contributed by atoms with Crippen molar-refractivity contribution in [2.24, 2.45) is 5.73 Å². The zero-order valence-electron chi connectivity index (χ0n) is 13.8. The maximum absolute atomic E-state index is 12.2. The molecule has 0 saturated heterocycles. The number of hydrogen-bond acceptors (Lipinski definition) is 6. The summed E-state index contributed by atoms with van der Waals surface area (Å²) in [7, 11) is 0. The van der Waals surface area contributed by atoms with Gasteiger partial charge in [0.1, 0.15) is 18.3 Å². The molecule has 1 aromatic rings. The standard InChI is InChI=1S/C16H21N3O7/c17-11(7-9-1-3-10(20)4-2-9)15(25)19-12(5-6-13(21)22)16(26)18-8-14(23)24/h1-4,11-12,20H,5-8,17H2,(H,18,26)(H,19,25)(H,21,22)(H,23,24)/t11-,12-/m1/s1. The van der Waals surface area contributed by atoms with Gasteiger partial charge in [-0.1, -0.05) is 12.1 Å². The smallest absolute Gasteiger partial charge is 0.322 e. The van der Waals surface area contributed by atoms with Crippen LogP contribution in [0.15, 0.2) is 24.3 Å². The Morgan fingerprint density at radius 1 is 1.00 bits per heavy atom. The van der Waals surface area contributed by atoms with Gasteiger partial charge < -0.3 is 31.7 Å². The summed E-state index contributed by atoms with van der Waals surface area (Å²) in [5, 5.41) is 31.0. The van der Waals surface area contributed by atoms with Crippen LogP contribution >= 0.6 is 0 Å². The number of rotatable bonds is 10. The lowest BCUT2D eigenvalue weighted by Crippen LogP contribution is -2.52. The van der Waals surface area contributed by atoms with Gasteiger partial charge in [0.2, 0.25) is 11.8 Å². The highest BCUT2D eigenvalue weighted by Crippen LogP contribution is 2.11. The topological polar surface area (TPSA) is 179 Å². The SMILES string of the molecule is N[C@H](Cc1ccc(O)cc1)C(=O)N[C@H](CCC(=O)O)C(=O)NCC(=O)O. The number of aromatic hydroxyl groups is 1. The highest BCUT2D eigenvalue weighted by Gasteiger charge is 2.24. The molecule has 0 aliphatic carbocycles. The third-order valence-electron chi connectivity index (χ3n) is 3.42. The van der Waals surface area contributed by atoms with Gasteiger partial charge in [-0.25, -0.2) is 0 Å². The Labute approximate surface area is 149 Å². The molecule has 0 fully saturated rings. The number of carbonyl (C=O) groups is 4. The molecule has 0 saturated carbocycles. The highest BCUT2D eigenvalue weighted by atomic mass is 16.4. The van der Waals surface area contributed by atoms with E-state index in [1.807, 2.05) is 0 Å². The van der Waals surface area contributed by atoms with Crippen LogP contribution in [0.25, 0.3) is 0 Å². The van der Waals surface area contributed by atoms with Crippen LogP contribution in [-0.4, -0.2) is 57.7 Å². The lowest BCUT2D eigenvalue weighted by Gasteiger charge is -2.20. The van der Waals surface area contributed by atoms with E-state index >= 15 is 0 Å². The number of hydrogen-bond donors (Lipinski definition) is 6. The summed E-state index contributed by atoms with van der Waals surface area (Å²) < 4.78 is 0. The number of carboxylic acids is 2. The third kappa shape index (κ3) is 7.62. The van der Waals surface area contributed by atoms with Gasteiger partial charge in [-0.15, -0.1) is 0 Å². The molecule has 0 aliphatic rings. The average Bonchev–Trinajstić information content (AvgIpc) is 2.57. The molecule has 0 aromatic heterocycles. The molecule has 142 valence electrons. The van der Waals surface area contributed by atoms with Gasteiger partial charge in [0.15, 0.2) is 0 Å². The summed E-state index contributed by atoms with van der Waals surface area (Å²) in [4.78, 5) is 45.4. The van der Waals surface area contributed by atoms with Crippen LogP contribution in [0.5, 0.6) is 5.75 Å². The van der Waals surface area contributed by atoms with E-state index in [9.17, 15) is 24.3 Å². The molecule has 2 atom stereocenters. The van der Waals surface area contributed by atoms with Crippen molar-refractivity contribution >= 4 is 23.8 Å². The summed E-state index contributed by atoms with van der Waals surface area (Å²) in [5.41, 5.74) is 6.48. The summed E-state index contributed by atoms with van der Waals surface area (Å²) in [6.07, 6.45) is -0.467. The second kappa shape index (κ2) is 9.99. The molecule has 0 heterocycles. The number of carboxylic acid groups (broad SMARTS) is 2. The van der Waals surface area contributed by atoms with Crippen LogP contribution in [-0.2, 0) is 25.6 Å². The van der Waals surface area contributed by atoms with Crippen LogP contribution in [0.3, 0.4) is 0 Å². The van der Waals surface area contributed by atoms with Crippen LogP contribution in [0, 0.1) is 0 Å². The Morgan fingerprint density at radius 3 is 2.15 bits per heavy atom. The van der Waals surface area contributed by atoms with Gasteiger partial charge in [-0.2, -0.15) is 0 Å². The van der Waals surface area contributed by atoms with E-state index in [1.54, 1.807) is 12.1 Å². The van der Waals surface area contributed by atoms with E-state index in [0.29, 0.717) is 5.56 Å². The van der Waals surface area contributed by atoms with Crippen LogP contribution in [0.2, 0.25) is 0 Å². The normalized spacial score (nSPS) is 12.7. The third-order valence-corrected chi connectivity index (χ3v) is 3.42. The molecule has 0 unspecified atom stereocenters. The van der Waals surface area contributed by atoms with Gasteiger partial charge in [-0.3, -0.25) is 19.2 Å². The van der Waals surface area contributed by atoms with Crippen molar-refractivity contribution in [2.45, 2.75) is 31.3 Å². The van der Waals surface area contributed by atoms with Crippen molar-refractivity contribution in [1.29, 1.82) is 0 Å². The van der Waals surface area contributed by atoms with Crippen LogP contribution in [0.4, 0.5) is 0 Å². The molecule has 26 heavy (non-hydrogen) atoms. The molecular formula is C16H21N3O7. The van der Waals surface area contributed by atoms with E-state index in [4.69, 9.17) is 15.9 Å². The minimum Gasteiger partial charge on any atom is -0.508 e. The Hall–Kier alpha value is -3.14. The fourth-order valence-corrected chi connectivity index (χ4v) is 2.08. The number of amides is 2. The van der Waals surface area contributed by atoms with E-state index in [1.165, 1.54) is 12.1 Å². The van der Waals surface area contributed by atoms with Gasteiger partial charge in [0.05, 0.1) is 6.04 Å². The first-order valence-electron chi connectivity index (χ1n) is 7.74. The molecule has 1 rings (SSSR count). The Morgan fingerprint density at radius 2 is 1.62 bits per heavy atom. The lowest BCUT2D eigenvalue weighted by molar-refractivity contribution is -0.140. The molecule has 2 amide bonds. The maximum Gasteiger partial charge on any atom is 0.322 e. The molecule has 0 bridgehead atoms. The van der Waals surface area contributed by atoms with E-state index in [0.717, 1.165) is 0 Å². The number of benzene rings is 1. The van der Waals surface area contributed by atoms with Crippen molar-refractivity contribution in [1.82, 2.24) is 10.6 Å². The fraction of sp³-hybridized carbons (Fsp3) is 0.375. The number of aliphatic carboxylic acids is 2. The molecule has 10 nitrogen and oxygen atoms in total. The van der Waals surface area contributed by atoms with Crippen molar-refractivity contribution in [2.75, 3.05) is 6.54 Å². The van der Waals surface area contributed by atoms with Gasteiger partial charge in [-0.05, 0) is 30.5 Å². The minimum atomic E-state index is -1.27. The molecular weight excluding hydrogens is 346 g/mol. The van der Waals surface area contributed by atoms with E-state index < -0.39 is 48.8 Å². The number of nitrogens with one attached hydrogen (secondary N) is 2. The number of nitrogens with two attached hydrogens (primary N) is 1. The second-order valence-electron chi connectivity index (χ2n) is 5.58. The lowest BCUT2D eigenvalue weighted by atomic mass is 10.0. The van der Waals surface area contributed by atoms with Crippen LogP contribution in [0.1, 0.15) is 18.4 Å². The molecule has 7 N–H and O–H groups in total. The first-order valence-corrected chi connectivity index (χ1v) is 7.74. The zero-order chi connectivity index (χ0) is 19.7. The Balaban J connectivity index is 2.69. The molecule has 0 aliphatic heterocycles. The minimum absolute atomic E-state index is 0.0654. The Kier molecular flexibility index (Phi) is 8.03. The Bertz CT molecular complexity index is 660. The van der Waals surface area contributed by atoms with Crippen LogP contribution < -0.4 is 16.4 Å². The largest absolute Gasteiger partial charge is 0.508 e. The average molecular weight is 367 g/mol. The van der Waals surface area contributed by atoms with Gasteiger partial charge in [0.25, 0.3) is 0 Å². The molecule has 0 spiro atoms. The summed E-state index contributed by atoms with van der Waals surface area (Å²) in [5.74, 6) is -3.86. The summed E-state index contributed by atoms with van der Waals surface area (Å²) in [6, 6.07) is 3.82. The van der Waals surface area contributed by atoms with Crippen molar-refractivity contribution < 1.29 is 34.5 Å². The number of phenolic OH excluding ortho intramolecular Hbond substituents is 1. The second-order valence-corrected chi connectivity index (χ2v) is 5.58. The number of phenols is 1. The quantitative estimate of drug-likeness (QED) is 0.299. The highest BCUT2D eigenvalue weighted by molar-refractivity contribution is 5.91. The number of carbonyl (C=O) groups excluding carboxylic acids is 2. The fourth-order valence-electron chi connectivity index (χ4n) is 2.08. The van der Waals surface area contributed by atoms with Crippen molar-refractivity contribution in [3.8, 4) is 5.75 Å². The first kappa shape index (κ1) is 20.9. The van der Waals surface area contributed by atoms with E-state index in [-0.39, 0.29) is 18.6 Å². The first-order chi connectivity index (χ1) is 12.2. The van der Waals surface area contributed by atoms with E-state index in [2.05, 4.69) is 10.6 Å². The maximum atomic E-state index is 12.2. The predicted molar refractivity (Wildman–Crippen MR) is 89.2 cm³/mol. The molecule has 0 radical (unpaired) electrons. The van der Waals surface area contributed by atoms with Crippen molar-refractivity contribution in [3.63, 3.8) is 0 Å². The molecule has 1 aromatic carbocycles. The predicted octanol–water partition coefficient (Wildman–Crippen LogP) is -1.19. The zero-order valence-corrected chi connectivity index (χ0v) is 13.8. The van der Waals surface area contributed by atoms with Gasteiger partial charge >= 0.3 is 11.9 Å². The van der Waals surface area contributed by atoms with Gasteiger partial charge in [0, 0.05) is 6.42 Å². The monoisotopic (exact) mass is 367 g/mol.